The zero-order chi connectivity index (χ0) is 19.6. The lowest BCUT2D eigenvalue weighted by Gasteiger charge is -2.27. The highest BCUT2D eigenvalue weighted by molar-refractivity contribution is 5.95. The maximum absolute atomic E-state index is 12.6. The molecule has 0 N–H and O–H groups in total. The van der Waals surface area contributed by atoms with Crippen LogP contribution in [0.4, 0.5) is 9.59 Å². The molecule has 7 nitrogen and oxygen atoms in total. The standard InChI is InChI=1S/C18H31NO6/c1-11(2)13-9-12(10-23-16(22)25-18(6,7)8)19(14(13)20)15(21)24-17(3,4)5/h11-13H,9-10H2,1-8H3. The molecule has 0 bridgehead atoms. The molecule has 0 radical (unpaired) electrons. The van der Waals surface area contributed by atoms with Gasteiger partial charge in [-0.05, 0) is 53.9 Å². The van der Waals surface area contributed by atoms with Crippen molar-refractivity contribution in [2.45, 2.75) is 79.1 Å². The van der Waals surface area contributed by atoms with Crippen LogP contribution in [-0.2, 0) is 19.0 Å². The molecule has 1 rings (SSSR count). The Hall–Kier alpha value is -1.79. The third kappa shape index (κ3) is 6.55. The summed E-state index contributed by atoms with van der Waals surface area (Å²) < 4.78 is 15.6. The van der Waals surface area contributed by atoms with E-state index in [2.05, 4.69) is 0 Å². The molecule has 1 heterocycles. The molecule has 0 aliphatic carbocycles. The Morgan fingerprint density at radius 3 is 2.04 bits per heavy atom. The first-order valence-corrected chi connectivity index (χ1v) is 8.63. The molecule has 1 saturated heterocycles. The lowest BCUT2D eigenvalue weighted by atomic mass is 9.93. The molecule has 25 heavy (non-hydrogen) atoms. The summed E-state index contributed by atoms with van der Waals surface area (Å²) in [7, 11) is 0. The van der Waals surface area contributed by atoms with Crippen LogP contribution in [0.3, 0.4) is 0 Å². The minimum absolute atomic E-state index is 0.0731. The van der Waals surface area contributed by atoms with Gasteiger partial charge in [0.2, 0.25) is 5.91 Å². The molecule has 2 atom stereocenters. The molecule has 1 aliphatic rings. The van der Waals surface area contributed by atoms with Gasteiger partial charge in [-0.1, -0.05) is 13.8 Å². The van der Waals surface area contributed by atoms with E-state index < -0.39 is 29.5 Å². The van der Waals surface area contributed by atoms with Crippen molar-refractivity contribution in [1.29, 1.82) is 0 Å². The first-order valence-electron chi connectivity index (χ1n) is 8.63. The predicted octanol–water partition coefficient (Wildman–Crippen LogP) is 3.75. The van der Waals surface area contributed by atoms with Gasteiger partial charge in [0.15, 0.2) is 0 Å². The van der Waals surface area contributed by atoms with Crippen molar-refractivity contribution >= 4 is 18.2 Å². The first-order chi connectivity index (χ1) is 11.2. The van der Waals surface area contributed by atoms with Crippen LogP contribution in [0, 0.1) is 11.8 Å². The Labute approximate surface area is 150 Å². The smallest absolute Gasteiger partial charge is 0.443 e. The van der Waals surface area contributed by atoms with Gasteiger partial charge < -0.3 is 14.2 Å². The number of amides is 2. The van der Waals surface area contributed by atoms with E-state index in [-0.39, 0.29) is 24.3 Å². The van der Waals surface area contributed by atoms with Crippen molar-refractivity contribution in [3.8, 4) is 0 Å². The van der Waals surface area contributed by atoms with Gasteiger partial charge >= 0.3 is 12.2 Å². The summed E-state index contributed by atoms with van der Waals surface area (Å²) in [5.41, 5.74) is -1.39. The molecule has 7 heteroatoms. The van der Waals surface area contributed by atoms with E-state index in [1.807, 2.05) is 13.8 Å². The molecule has 144 valence electrons. The molecule has 1 aliphatic heterocycles. The number of likely N-dealkylation sites (tertiary alicyclic amines) is 1. The third-order valence-electron chi connectivity index (χ3n) is 3.62. The maximum atomic E-state index is 12.6. The van der Waals surface area contributed by atoms with Gasteiger partial charge in [-0.25, -0.2) is 14.5 Å². The Morgan fingerprint density at radius 1 is 1.08 bits per heavy atom. The lowest BCUT2D eigenvalue weighted by molar-refractivity contribution is -0.132. The van der Waals surface area contributed by atoms with E-state index >= 15 is 0 Å². The van der Waals surface area contributed by atoms with Crippen LogP contribution < -0.4 is 0 Å². The fourth-order valence-corrected chi connectivity index (χ4v) is 2.55. The molecule has 1 fully saturated rings. The average molecular weight is 357 g/mol. The third-order valence-corrected chi connectivity index (χ3v) is 3.62. The van der Waals surface area contributed by atoms with Crippen LogP contribution in [0.5, 0.6) is 0 Å². The second kappa shape index (κ2) is 7.62. The van der Waals surface area contributed by atoms with Crippen LogP contribution in [0.25, 0.3) is 0 Å². The largest absolute Gasteiger partial charge is 0.508 e. The molecule has 0 aromatic heterocycles. The van der Waals surface area contributed by atoms with Crippen LogP contribution in [-0.4, -0.2) is 46.9 Å². The number of rotatable bonds is 3. The molecule has 0 spiro atoms. The summed E-state index contributed by atoms with van der Waals surface area (Å²) in [6.07, 6.45) is -1.10. The number of ether oxygens (including phenoxy) is 3. The highest BCUT2D eigenvalue weighted by Crippen LogP contribution is 2.32. The van der Waals surface area contributed by atoms with Crippen molar-refractivity contribution in [3.63, 3.8) is 0 Å². The van der Waals surface area contributed by atoms with Gasteiger partial charge in [0.25, 0.3) is 0 Å². The van der Waals surface area contributed by atoms with E-state index in [0.29, 0.717) is 6.42 Å². The second-order valence-corrected chi connectivity index (χ2v) is 8.70. The molecule has 0 aromatic carbocycles. The van der Waals surface area contributed by atoms with Crippen molar-refractivity contribution in [3.05, 3.63) is 0 Å². The fraction of sp³-hybridized carbons (Fsp3) is 0.833. The zero-order valence-corrected chi connectivity index (χ0v) is 16.5. The summed E-state index contributed by atoms with van der Waals surface area (Å²) in [6.45, 7) is 14.1. The fourth-order valence-electron chi connectivity index (χ4n) is 2.55. The summed E-state index contributed by atoms with van der Waals surface area (Å²) in [6, 6.07) is -0.553. The van der Waals surface area contributed by atoms with Crippen LogP contribution in [0.15, 0.2) is 0 Å². The normalized spacial score (nSPS) is 21.5. The molecule has 0 aromatic rings. The number of hydrogen-bond acceptors (Lipinski definition) is 6. The predicted molar refractivity (Wildman–Crippen MR) is 92.0 cm³/mol. The monoisotopic (exact) mass is 357 g/mol. The lowest BCUT2D eigenvalue weighted by Crippen LogP contribution is -2.45. The summed E-state index contributed by atoms with van der Waals surface area (Å²) >= 11 is 0. The Morgan fingerprint density at radius 2 is 1.60 bits per heavy atom. The van der Waals surface area contributed by atoms with Crippen molar-refractivity contribution in [2.75, 3.05) is 6.61 Å². The topological polar surface area (TPSA) is 82.1 Å². The van der Waals surface area contributed by atoms with E-state index in [9.17, 15) is 14.4 Å². The van der Waals surface area contributed by atoms with Crippen molar-refractivity contribution in [1.82, 2.24) is 4.90 Å². The molecule has 0 saturated carbocycles. The van der Waals surface area contributed by atoms with E-state index in [4.69, 9.17) is 14.2 Å². The average Bonchev–Trinajstić information content (AvgIpc) is 2.69. The van der Waals surface area contributed by atoms with Gasteiger partial charge in [-0.15, -0.1) is 0 Å². The zero-order valence-electron chi connectivity index (χ0n) is 16.5. The number of hydrogen-bond donors (Lipinski definition) is 0. The highest BCUT2D eigenvalue weighted by Gasteiger charge is 2.46. The SMILES string of the molecule is CC(C)C1CC(COC(=O)OC(C)(C)C)N(C(=O)OC(C)(C)C)C1=O. The Bertz CT molecular complexity index is 515. The van der Waals surface area contributed by atoms with Crippen LogP contribution in [0.2, 0.25) is 0 Å². The number of nitrogens with zero attached hydrogens (tertiary/aromatic N) is 1. The molecule has 2 amide bonds. The Kier molecular flexibility index (Phi) is 6.48. The van der Waals surface area contributed by atoms with E-state index in [1.54, 1.807) is 41.5 Å². The summed E-state index contributed by atoms with van der Waals surface area (Å²) in [4.78, 5) is 37.9. The number of carbonyl (C=O) groups is 3. The van der Waals surface area contributed by atoms with Gasteiger partial charge in [-0.2, -0.15) is 0 Å². The van der Waals surface area contributed by atoms with Crippen LogP contribution >= 0.6 is 0 Å². The van der Waals surface area contributed by atoms with E-state index in [0.717, 1.165) is 4.90 Å². The van der Waals surface area contributed by atoms with Crippen molar-refractivity contribution in [2.24, 2.45) is 11.8 Å². The maximum Gasteiger partial charge on any atom is 0.508 e. The van der Waals surface area contributed by atoms with Gasteiger partial charge in [0, 0.05) is 5.92 Å². The minimum atomic E-state index is -0.822. The quantitative estimate of drug-likeness (QED) is 0.716. The molecule has 2 unspecified atom stereocenters. The van der Waals surface area contributed by atoms with Gasteiger partial charge in [0.1, 0.15) is 17.8 Å². The van der Waals surface area contributed by atoms with Crippen LogP contribution in [0.1, 0.15) is 61.8 Å². The van der Waals surface area contributed by atoms with Gasteiger partial charge in [-0.3, -0.25) is 4.79 Å². The first kappa shape index (κ1) is 21.3. The summed E-state index contributed by atoms with van der Waals surface area (Å²) in [5.74, 6) is -0.522. The Balaban J connectivity index is 2.84. The van der Waals surface area contributed by atoms with Crippen molar-refractivity contribution < 1.29 is 28.6 Å². The molecular weight excluding hydrogens is 326 g/mol. The van der Waals surface area contributed by atoms with Gasteiger partial charge in [0.05, 0.1) is 6.04 Å². The molecular formula is C18H31NO6. The number of imide groups is 1. The highest BCUT2D eigenvalue weighted by atomic mass is 16.7. The van der Waals surface area contributed by atoms with E-state index in [1.165, 1.54) is 0 Å². The second-order valence-electron chi connectivity index (χ2n) is 8.70. The number of carbonyl (C=O) groups excluding carboxylic acids is 3. The minimum Gasteiger partial charge on any atom is -0.443 e. The summed E-state index contributed by atoms with van der Waals surface area (Å²) in [5, 5.41) is 0.